The molecule has 0 radical (unpaired) electrons. The van der Waals surface area contributed by atoms with Crippen LogP contribution in [-0.2, 0) is 11.2 Å². The first-order valence-electron chi connectivity index (χ1n) is 6.79. The van der Waals surface area contributed by atoms with Crippen molar-refractivity contribution in [2.75, 3.05) is 13.0 Å². The van der Waals surface area contributed by atoms with Crippen LogP contribution in [0.4, 0.5) is 0 Å². The summed E-state index contributed by atoms with van der Waals surface area (Å²) >= 11 is 5.91. The largest absolute Gasteiger partial charge is 0.381 e. The molecule has 0 saturated heterocycles. The van der Waals surface area contributed by atoms with E-state index in [1.54, 1.807) is 7.11 Å². The highest BCUT2D eigenvalue weighted by Gasteiger charge is 2.32. The van der Waals surface area contributed by atoms with Gasteiger partial charge in [-0.25, -0.2) is 4.98 Å². The molecule has 102 valence electrons. The van der Waals surface area contributed by atoms with Gasteiger partial charge in [-0.1, -0.05) is 6.07 Å². The number of alkyl halides is 1. The number of rotatable bonds is 4. The lowest BCUT2D eigenvalue weighted by Gasteiger charge is -2.36. The molecule has 1 aliphatic carbocycles. The van der Waals surface area contributed by atoms with E-state index in [1.165, 1.54) is 11.1 Å². The van der Waals surface area contributed by atoms with Crippen LogP contribution in [0.25, 0.3) is 11.0 Å². The summed E-state index contributed by atoms with van der Waals surface area (Å²) in [5.74, 6) is 1.72. The molecule has 1 heterocycles. The maximum atomic E-state index is 5.91. The fraction of sp³-hybridized carbons (Fsp3) is 0.533. The third kappa shape index (κ3) is 2.26. The van der Waals surface area contributed by atoms with Gasteiger partial charge >= 0.3 is 0 Å². The average Bonchev–Trinajstić information content (AvgIpc) is 2.66. The maximum Gasteiger partial charge on any atom is 0.111 e. The van der Waals surface area contributed by atoms with Crippen molar-refractivity contribution in [2.24, 2.45) is 0 Å². The molecule has 1 aromatic carbocycles. The maximum absolute atomic E-state index is 5.91. The minimum atomic E-state index is 0.400. The van der Waals surface area contributed by atoms with E-state index in [9.17, 15) is 0 Å². The molecule has 19 heavy (non-hydrogen) atoms. The number of imidazole rings is 1. The smallest absolute Gasteiger partial charge is 0.111 e. The van der Waals surface area contributed by atoms with Gasteiger partial charge in [0.2, 0.25) is 0 Å². The van der Waals surface area contributed by atoms with E-state index < -0.39 is 0 Å². The summed E-state index contributed by atoms with van der Waals surface area (Å²) in [5, 5.41) is 0. The van der Waals surface area contributed by atoms with Crippen LogP contribution >= 0.6 is 11.6 Å². The predicted molar refractivity (Wildman–Crippen MR) is 78.0 cm³/mol. The molecule has 0 amide bonds. The molecule has 1 aromatic heterocycles. The lowest BCUT2D eigenvalue weighted by molar-refractivity contribution is 0.00664. The second kappa shape index (κ2) is 5.14. The van der Waals surface area contributed by atoms with E-state index in [0.29, 0.717) is 18.0 Å². The molecule has 0 atom stereocenters. The van der Waals surface area contributed by atoms with Gasteiger partial charge in [0.25, 0.3) is 0 Å². The first-order valence-corrected chi connectivity index (χ1v) is 7.32. The molecule has 2 aromatic rings. The highest BCUT2D eigenvalue weighted by Crippen LogP contribution is 2.37. The number of hydrogen-bond donors (Lipinski definition) is 0. The van der Waals surface area contributed by atoms with Gasteiger partial charge < -0.3 is 9.30 Å². The predicted octanol–water partition coefficient (Wildman–Crippen LogP) is 3.48. The number of fused-ring (bicyclic) bond motifs is 1. The van der Waals surface area contributed by atoms with Gasteiger partial charge in [0.1, 0.15) is 5.82 Å². The van der Waals surface area contributed by atoms with Crippen LogP contribution in [0.3, 0.4) is 0 Å². The van der Waals surface area contributed by atoms with Crippen molar-refractivity contribution >= 4 is 22.6 Å². The second-order valence-electron chi connectivity index (χ2n) is 5.31. The number of hydrogen-bond acceptors (Lipinski definition) is 2. The standard InChI is InChI=1S/C15H19ClN2O/c1-10-3-4-14-13(7-10)17-15(5-6-16)18(14)11-8-12(9-11)19-2/h3-4,7,11-12H,5-6,8-9H2,1-2H3. The molecular formula is C15H19ClN2O. The summed E-state index contributed by atoms with van der Waals surface area (Å²) in [6, 6.07) is 6.99. The average molecular weight is 279 g/mol. The van der Waals surface area contributed by atoms with Crippen LogP contribution in [0.2, 0.25) is 0 Å². The third-order valence-electron chi connectivity index (χ3n) is 4.00. The number of halogens is 1. The molecule has 0 N–H and O–H groups in total. The van der Waals surface area contributed by atoms with Gasteiger partial charge in [-0.2, -0.15) is 0 Å². The van der Waals surface area contributed by atoms with Gasteiger partial charge in [-0.3, -0.25) is 0 Å². The number of benzene rings is 1. The van der Waals surface area contributed by atoms with Gasteiger partial charge in [-0.05, 0) is 37.5 Å². The van der Waals surface area contributed by atoms with Crippen molar-refractivity contribution < 1.29 is 4.74 Å². The summed E-state index contributed by atoms with van der Waals surface area (Å²) in [5.41, 5.74) is 3.56. The Balaban J connectivity index is 2.02. The highest BCUT2D eigenvalue weighted by atomic mass is 35.5. The third-order valence-corrected chi connectivity index (χ3v) is 4.19. The quantitative estimate of drug-likeness (QED) is 0.801. The van der Waals surface area contributed by atoms with E-state index in [4.69, 9.17) is 21.3 Å². The van der Waals surface area contributed by atoms with Gasteiger partial charge in [0.15, 0.2) is 0 Å². The lowest BCUT2D eigenvalue weighted by atomic mass is 9.88. The lowest BCUT2D eigenvalue weighted by Crippen LogP contribution is -2.33. The van der Waals surface area contributed by atoms with E-state index in [-0.39, 0.29) is 0 Å². The fourth-order valence-corrected chi connectivity index (χ4v) is 3.04. The normalized spacial score (nSPS) is 22.7. The summed E-state index contributed by atoms with van der Waals surface area (Å²) in [6.45, 7) is 2.10. The molecular weight excluding hydrogens is 260 g/mol. The molecule has 4 heteroatoms. The molecule has 0 spiro atoms. The van der Waals surface area contributed by atoms with Crippen molar-refractivity contribution in [1.29, 1.82) is 0 Å². The van der Waals surface area contributed by atoms with Crippen molar-refractivity contribution in [3.8, 4) is 0 Å². The summed E-state index contributed by atoms with van der Waals surface area (Å²) in [4.78, 5) is 4.75. The first-order chi connectivity index (χ1) is 9.22. The number of aromatic nitrogens is 2. The van der Waals surface area contributed by atoms with E-state index in [0.717, 1.165) is 30.6 Å². The minimum Gasteiger partial charge on any atom is -0.381 e. The Morgan fingerprint density at radius 2 is 2.21 bits per heavy atom. The second-order valence-corrected chi connectivity index (χ2v) is 5.69. The van der Waals surface area contributed by atoms with Gasteiger partial charge in [0.05, 0.1) is 17.1 Å². The molecule has 0 bridgehead atoms. The van der Waals surface area contributed by atoms with Crippen molar-refractivity contribution in [1.82, 2.24) is 9.55 Å². The topological polar surface area (TPSA) is 27.1 Å². The zero-order valence-electron chi connectivity index (χ0n) is 11.4. The fourth-order valence-electron chi connectivity index (χ4n) is 2.87. The highest BCUT2D eigenvalue weighted by molar-refractivity contribution is 6.17. The minimum absolute atomic E-state index is 0.400. The van der Waals surface area contributed by atoms with Crippen LogP contribution in [0.15, 0.2) is 18.2 Å². The molecule has 0 aliphatic heterocycles. The molecule has 3 rings (SSSR count). The van der Waals surface area contributed by atoms with Crippen LogP contribution in [0.5, 0.6) is 0 Å². The summed E-state index contributed by atoms with van der Waals surface area (Å²) in [7, 11) is 1.79. The van der Waals surface area contributed by atoms with Crippen molar-refractivity contribution in [3.05, 3.63) is 29.6 Å². The molecule has 1 fully saturated rings. The van der Waals surface area contributed by atoms with Crippen molar-refractivity contribution in [3.63, 3.8) is 0 Å². The zero-order chi connectivity index (χ0) is 13.4. The molecule has 1 saturated carbocycles. The molecule has 3 nitrogen and oxygen atoms in total. The zero-order valence-corrected chi connectivity index (χ0v) is 12.2. The Hall–Kier alpha value is -1.06. The number of ether oxygens (including phenoxy) is 1. The monoisotopic (exact) mass is 278 g/mol. The summed E-state index contributed by atoms with van der Waals surface area (Å²) < 4.78 is 7.75. The first kappa shape index (κ1) is 12.9. The Bertz CT molecular complexity index is 587. The van der Waals surface area contributed by atoms with E-state index >= 15 is 0 Å². The Morgan fingerprint density at radius 1 is 1.42 bits per heavy atom. The van der Waals surface area contributed by atoms with E-state index in [1.807, 2.05) is 0 Å². The van der Waals surface area contributed by atoms with Crippen molar-refractivity contribution in [2.45, 2.75) is 38.3 Å². The van der Waals surface area contributed by atoms with Crippen LogP contribution in [0.1, 0.15) is 30.3 Å². The van der Waals surface area contributed by atoms with Crippen LogP contribution in [0, 0.1) is 6.92 Å². The SMILES string of the molecule is COC1CC(n2c(CCCl)nc3cc(C)ccc32)C1. The number of nitrogens with zero attached hydrogens (tertiary/aromatic N) is 2. The Labute approximate surface area is 118 Å². The molecule has 1 aliphatic rings. The van der Waals surface area contributed by atoms with Gasteiger partial charge in [-0.15, -0.1) is 11.6 Å². The Morgan fingerprint density at radius 3 is 2.89 bits per heavy atom. The van der Waals surface area contributed by atoms with E-state index in [2.05, 4.69) is 29.7 Å². The van der Waals surface area contributed by atoms with Crippen LogP contribution < -0.4 is 0 Å². The van der Waals surface area contributed by atoms with Gasteiger partial charge in [0, 0.05) is 25.5 Å². The Kier molecular flexibility index (Phi) is 3.50. The molecule has 0 unspecified atom stereocenters. The number of aryl methyl sites for hydroxylation is 2. The van der Waals surface area contributed by atoms with Crippen LogP contribution in [-0.4, -0.2) is 28.6 Å². The number of methoxy groups -OCH3 is 1. The summed E-state index contributed by atoms with van der Waals surface area (Å²) in [6.07, 6.45) is 3.37.